The zero-order valence-electron chi connectivity index (χ0n) is 11.6. The van der Waals surface area contributed by atoms with Crippen LogP contribution in [0.25, 0.3) is 0 Å². The summed E-state index contributed by atoms with van der Waals surface area (Å²) in [4.78, 5) is 24.6. The van der Waals surface area contributed by atoms with Crippen LogP contribution in [-0.2, 0) is 4.79 Å². The summed E-state index contributed by atoms with van der Waals surface area (Å²) in [6.07, 6.45) is 1.50. The minimum absolute atomic E-state index is 0.0304. The van der Waals surface area contributed by atoms with E-state index < -0.39 is 5.97 Å². The van der Waals surface area contributed by atoms with Gasteiger partial charge in [-0.1, -0.05) is 11.6 Å². The van der Waals surface area contributed by atoms with Crippen LogP contribution < -0.4 is 10.1 Å². The average Bonchev–Trinajstić information content (AvgIpc) is 2.88. The summed E-state index contributed by atoms with van der Waals surface area (Å²) in [6, 6.07) is 4.38. The van der Waals surface area contributed by atoms with Gasteiger partial charge in [0.15, 0.2) is 0 Å². The molecule has 0 aromatic heterocycles. The van der Waals surface area contributed by atoms with E-state index in [1.54, 1.807) is 23.1 Å². The van der Waals surface area contributed by atoms with Crippen LogP contribution in [0.15, 0.2) is 18.2 Å². The second-order valence-corrected chi connectivity index (χ2v) is 5.27. The Morgan fingerprint density at radius 1 is 1.52 bits per heavy atom. The lowest BCUT2D eigenvalue weighted by molar-refractivity contribution is -0.137. The highest BCUT2D eigenvalue weighted by atomic mass is 35.5. The highest BCUT2D eigenvalue weighted by Crippen LogP contribution is 2.28. The maximum Gasteiger partial charge on any atom is 0.322 e. The number of urea groups is 1. The number of nitrogens with zero attached hydrogens (tertiary/aromatic N) is 1. The molecule has 1 aromatic carbocycles. The van der Waals surface area contributed by atoms with Gasteiger partial charge in [0, 0.05) is 24.3 Å². The first-order valence-corrected chi connectivity index (χ1v) is 7.02. The van der Waals surface area contributed by atoms with Crippen molar-refractivity contribution in [2.24, 2.45) is 0 Å². The number of carboxylic acids is 1. The standard InChI is InChI=1S/C14H17ClN2O4/c1-21-12-7-9(4-5-11(12)15)16-14(20)17-6-2-3-10(17)8-13(18)19/h4-5,7,10H,2-3,6,8H2,1H3,(H,16,20)(H,18,19). The Morgan fingerprint density at radius 2 is 2.29 bits per heavy atom. The molecule has 0 bridgehead atoms. The van der Waals surface area contributed by atoms with E-state index in [0.29, 0.717) is 29.4 Å². The van der Waals surface area contributed by atoms with E-state index in [2.05, 4.69) is 5.32 Å². The van der Waals surface area contributed by atoms with Crippen LogP contribution in [0.5, 0.6) is 5.75 Å². The maximum absolute atomic E-state index is 12.2. The largest absolute Gasteiger partial charge is 0.495 e. The highest BCUT2D eigenvalue weighted by Gasteiger charge is 2.30. The van der Waals surface area contributed by atoms with Crippen molar-refractivity contribution in [1.29, 1.82) is 0 Å². The molecular weight excluding hydrogens is 296 g/mol. The smallest absolute Gasteiger partial charge is 0.322 e. The van der Waals surface area contributed by atoms with Crippen LogP contribution in [-0.4, -0.2) is 41.7 Å². The SMILES string of the molecule is COc1cc(NC(=O)N2CCCC2CC(=O)O)ccc1Cl. The van der Waals surface area contributed by atoms with Crippen LogP contribution in [0.4, 0.5) is 10.5 Å². The minimum atomic E-state index is -0.895. The van der Waals surface area contributed by atoms with Gasteiger partial charge >= 0.3 is 12.0 Å². The number of nitrogens with one attached hydrogen (secondary N) is 1. The summed E-state index contributed by atoms with van der Waals surface area (Å²) in [7, 11) is 1.50. The first kappa shape index (κ1) is 15.4. The summed E-state index contributed by atoms with van der Waals surface area (Å²) in [5.74, 6) is -0.425. The summed E-state index contributed by atoms with van der Waals surface area (Å²) in [6.45, 7) is 0.564. The van der Waals surface area contributed by atoms with Crippen molar-refractivity contribution in [1.82, 2.24) is 4.90 Å². The first-order chi connectivity index (χ1) is 10.0. The van der Waals surface area contributed by atoms with Crippen molar-refractivity contribution >= 4 is 29.3 Å². The van der Waals surface area contributed by atoms with Gasteiger partial charge in [0.1, 0.15) is 5.75 Å². The number of hydrogen-bond acceptors (Lipinski definition) is 3. The lowest BCUT2D eigenvalue weighted by atomic mass is 10.1. The summed E-state index contributed by atoms with van der Waals surface area (Å²) in [5.41, 5.74) is 0.558. The zero-order valence-corrected chi connectivity index (χ0v) is 12.4. The van der Waals surface area contributed by atoms with E-state index in [-0.39, 0.29) is 18.5 Å². The normalized spacial score (nSPS) is 17.6. The fraction of sp³-hybridized carbons (Fsp3) is 0.429. The minimum Gasteiger partial charge on any atom is -0.495 e. The molecule has 1 atom stereocenters. The van der Waals surface area contributed by atoms with Crippen LogP contribution in [0.3, 0.4) is 0 Å². The number of benzene rings is 1. The second kappa shape index (κ2) is 6.67. The Labute approximate surface area is 127 Å². The Kier molecular flexibility index (Phi) is 4.90. The average molecular weight is 313 g/mol. The third-order valence-corrected chi connectivity index (χ3v) is 3.76. The van der Waals surface area contributed by atoms with E-state index in [1.165, 1.54) is 7.11 Å². The zero-order chi connectivity index (χ0) is 15.4. The Hall–Kier alpha value is -1.95. The number of methoxy groups -OCH3 is 1. The molecule has 1 saturated heterocycles. The maximum atomic E-state index is 12.2. The highest BCUT2D eigenvalue weighted by molar-refractivity contribution is 6.32. The van der Waals surface area contributed by atoms with E-state index >= 15 is 0 Å². The van der Waals surface area contributed by atoms with Crippen molar-refractivity contribution in [2.45, 2.75) is 25.3 Å². The van der Waals surface area contributed by atoms with Crippen molar-refractivity contribution in [3.05, 3.63) is 23.2 Å². The molecule has 2 amide bonds. The number of hydrogen-bond donors (Lipinski definition) is 2. The number of rotatable bonds is 4. The molecule has 1 aromatic rings. The van der Waals surface area contributed by atoms with Gasteiger partial charge in [0.25, 0.3) is 0 Å². The van der Waals surface area contributed by atoms with Gasteiger partial charge < -0.3 is 20.1 Å². The van der Waals surface area contributed by atoms with Crippen molar-refractivity contribution in [2.75, 3.05) is 19.0 Å². The number of likely N-dealkylation sites (tertiary alicyclic amines) is 1. The Morgan fingerprint density at radius 3 is 2.95 bits per heavy atom. The molecule has 1 fully saturated rings. The van der Waals surface area contributed by atoms with Gasteiger partial charge in [0.2, 0.25) is 0 Å². The first-order valence-electron chi connectivity index (χ1n) is 6.64. The fourth-order valence-electron chi connectivity index (χ4n) is 2.45. The predicted molar refractivity (Wildman–Crippen MR) is 79.0 cm³/mol. The van der Waals surface area contributed by atoms with Crippen LogP contribution in [0.1, 0.15) is 19.3 Å². The molecule has 1 unspecified atom stereocenters. The van der Waals surface area contributed by atoms with E-state index in [1.807, 2.05) is 0 Å². The van der Waals surface area contributed by atoms with Crippen LogP contribution >= 0.6 is 11.6 Å². The number of carboxylic acid groups (broad SMARTS) is 1. The number of amides is 2. The van der Waals surface area contributed by atoms with E-state index in [0.717, 1.165) is 6.42 Å². The molecule has 6 nitrogen and oxygen atoms in total. The molecule has 0 aliphatic carbocycles. The van der Waals surface area contributed by atoms with Gasteiger partial charge in [-0.2, -0.15) is 0 Å². The Bertz CT molecular complexity index is 550. The molecule has 0 saturated carbocycles. The molecule has 1 heterocycles. The molecule has 2 N–H and O–H groups in total. The molecule has 114 valence electrons. The number of ether oxygens (including phenoxy) is 1. The summed E-state index contributed by atoms with van der Waals surface area (Å²) in [5, 5.41) is 12.1. The van der Waals surface area contributed by atoms with Gasteiger partial charge in [0.05, 0.1) is 18.6 Å². The van der Waals surface area contributed by atoms with Gasteiger partial charge in [-0.15, -0.1) is 0 Å². The summed E-state index contributed by atoms with van der Waals surface area (Å²) < 4.78 is 5.09. The van der Waals surface area contributed by atoms with Crippen molar-refractivity contribution in [3.63, 3.8) is 0 Å². The number of halogens is 1. The molecule has 0 radical (unpaired) electrons. The molecule has 0 spiro atoms. The number of carbonyl (C=O) groups is 2. The van der Waals surface area contributed by atoms with Gasteiger partial charge in [-0.05, 0) is 25.0 Å². The molecule has 1 aliphatic rings. The molecule has 21 heavy (non-hydrogen) atoms. The fourth-order valence-corrected chi connectivity index (χ4v) is 2.64. The molecule has 7 heteroatoms. The number of anilines is 1. The van der Waals surface area contributed by atoms with Crippen LogP contribution in [0.2, 0.25) is 5.02 Å². The third-order valence-electron chi connectivity index (χ3n) is 3.45. The second-order valence-electron chi connectivity index (χ2n) is 4.87. The number of aliphatic carboxylic acids is 1. The number of carbonyl (C=O) groups excluding carboxylic acids is 1. The van der Waals surface area contributed by atoms with Gasteiger partial charge in [-0.3, -0.25) is 4.79 Å². The lowest BCUT2D eigenvalue weighted by Gasteiger charge is -2.24. The molecule has 2 rings (SSSR count). The third kappa shape index (κ3) is 3.78. The van der Waals surface area contributed by atoms with Crippen molar-refractivity contribution in [3.8, 4) is 5.75 Å². The van der Waals surface area contributed by atoms with Crippen LogP contribution in [0, 0.1) is 0 Å². The topological polar surface area (TPSA) is 78.9 Å². The Balaban J connectivity index is 2.05. The monoisotopic (exact) mass is 312 g/mol. The predicted octanol–water partition coefficient (Wildman–Crippen LogP) is 2.82. The lowest BCUT2D eigenvalue weighted by Crippen LogP contribution is -2.39. The molecular formula is C14H17ClN2O4. The summed E-state index contributed by atoms with van der Waals surface area (Å²) >= 11 is 5.93. The van der Waals surface area contributed by atoms with Gasteiger partial charge in [-0.25, -0.2) is 4.79 Å². The van der Waals surface area contributed by atoms with E-state index in [9.17, 15) is 9.59 Å². The van der Waals surface area contributed by atoms with Crippen molar-refractivity contribution < 1.29 is 19.4 Å². The van der Waals surface area contributed by atoms with E-state index in [4.69, 9.17) is 21.4 Å². The quantitative estimate of drug-likeness (QED) is 0.896. The molecule has 1 aliphatic heterocycles.